The summed E-state index contributed by atoms with van der Waals surface area (Å²) in [5.41, 5.74) is 4.77. The van der Waals surface area contributed by atoms with Gasteiger partial charge in [0.15, 0.2) is 6.61 Å². The first-order chi connectivity index (χ1) is 19.3. The molecule has 0 unspecified atom stereocenters. The van der Waals surface area contributed by atoms with Gasteiger partial charge in [0, 0.05) is 25.7 Å². The summed E-state index contributed by atoms with van der Waals surface area (Å²) in [5, 5.41) is 11.3. The molecule has 0 aromatic heterocycles. The minimum atomic E-state index is -1.52. The van der Waals surface area contributed by atoms with Crippen LogP contribution in [0.25, 0.3) is 11.1 Å². The SMILES string of the molecule is COC(COC(=O)CNC(=O)OCC1c2ccccc2-c2ccccc21)(OC)c1ccc(OCC(=O)O)c(Cl)c1. The van der Waals surface area contributed by atoms with Crippen LogP contribution < -0.4 is 10.1 Å². The first-order valence-electron chi connectivity index (χ1n) is 12.3. The molecule has 1 aliphatic rings. The van der Waals surface area contributed by atoms with Gasteiger partial charge in [0.05, 0.1) is 5.02 Å². The van der Waals surface area contributed by atoms with E-state index in [0.717, 1.165) is 22.3 Å². The molecule has 0 spiro atoms. The maximum absolute atomic E-state index is 12.4. The lowest BCUT2D eigenvalue weighted by Gasteiger charge is -2.31. The Hall–Kier alpha value is -4.12. The maximum Gasteiger partial charge on any atom is 0.407 e. The molecule has 3 aromatic carbocycles. The maximum atomic E-state index is 12.4. The highest BCUT2D eigenvalue weighted by molar-refractivity contribution is 6.32. The lowest BCUT2D eigenvalue weighted by molar-refractivity contribution is -0.242. The van der Waals surface area contributed by atoms with E-state index in [4.69, 9.17) is 40.4 Å². The standard InChI is InChI=1S/C29H28ClNO9/c1-36-29(37-2,18-11-12-25(24(30)13-18)38-16-26(32)33)17-40-27(34)14-31-28(35)39-15-23-21-9-5-3-7-19(21)20-8-4-6-10-22(20)23/h3-13,23H,14-17H2,1-2H3,(H,31,35)(H,32,33). The third kappa shape index (κ3) is 6.36. The van der Waals surface area contributed by atoms with Crippen LogP contribution in [0.2, 0.25) is 5.02 Å². The molecule has 4 rings (SSSR count). The van der Waals surface area contributed by atoms with Crippen LogP contribution in [0.3, 0.4) is 0 Å². The van der Waals surface area contributed by atoms with Crippen molar-refractivity contribution in [2.75, 3.05) is 40.6 Å². The number of carboxylic acids is 1. The van der Waals surface area contributed by atoms with Crippen molar-refractivity contribution in [2.45, 2.75) is 11.7 Å². The zero-order valence-electron chi connectivity index (χ0n) is 21.8. The van der Waals surface area contributed by atoms with Crippen LogP contribution in [0.4, 0.5) is 4.79 Å². The highest BCUT2D eigenvalue weighted by Gasteiger charge is 2.35. The summed E-state index contributed by atoms with van der Waals surface area (Å²) < 4.78 is 26.8. The van der Waals surface area contributed by atoms with Crippen LogP contribution >= 0.6 is 11.6 Å². The number of halogens is 1. The Bertz CT molecular complexity index is 1340. The van der Waals surface area contributed by atoms with Crippen molar-refractivity contribution in [2.24, 2.45) is 0 Å². The van der Waals surface area contributed by atoms with Crippen molar-refractivity contribution < 1.29 is 43.2 Å². The van der Waals surface area contributed by atoms with Gasteiger partial charge in [-0.3, -0.25) is 4.79 Å². The van der Waals surface area contributed by atoms with E-state index in [1.54, 1.807) is 6.07 Å². The Morgan fingerprint density at radius 2 is 1.55 bits per heavy atom. The Labute approximate surface area is 235 Å². The normalized spacial score (nSPS) is 12.3. The van der Waals surface area contributed by atoms with E-state index < -0.39 is 37.0 Å². The molecule has 2 N–H and O–H groups in total. The summed E-state index contributed by atoms with van der Waals surface area (Å²) in [6.07, 6.45) is -0.757. The van der Waals surface area contributed by atoms with Gasteiger partial charge in [0.25, 0.3) is 0 Å². The zero-order chi connectivity index (χ0) is 28.7. The molecule has 0 saturated heterocycles. The lowest BCUT2D eigenvalue weighted by atomic mass is 9.98. The van der Waals surface area contributed by atoms with Gasteiger partial charge in [-0.2, -0.15) is 0 Å². The molecule has 0 aliphatic heterocycles. The summed E-state index contributed by atoms with van der Waals surface area (Å²) >= 11 is 6.21. The minimum Gasteiger partial charge on any atom is -0.480 e. The number of esters is 1. The summed E-state index contributed by atoms with van der Waals surface area (Å²) in [7, 11) is 2.71. The number of carbonyl (C=O) groups excluding carboxylic acids is 2. The Balaban J connectivity index is 1.30. The van der Waals surface area contributed by atoms with Gasteiger partial charge in [-0.15, -0.1) is 0 Å². The number of fused-ring (bicyclic) bond motifs is 3. The molecule has 0 fully saturated rings. The number of aliphatic carboxylic acids is 1. The minimum absolute atomic E-state index is 0.109. The first kappa shape index (κ1) is 28.9. The van der Waals surface area contributed by atoms with Gasteiger partial charge in [0.1, 0.15) is 25.5 Å². The molecule has 0 heterocycles. The Morgan fingerprint density at radius 1 is 0.925 bits per heavy atom. The predicted octanol–water partition coefficient (Wildman–Crippen LogP) is 4.33. The number of carboxylic acid groups (broad SMARTS) is 1. The predicted molar refractivity (Wildman–Crippen MR) is 144 cm³/mol. The quantitative estimate of drug-likeness (QED) is 0.242. The monoisotopic (exact) mass is 569 g/mol. The van der Waals surface area contributed by atoms with E-state index in [1.165, 1.54) is 26.4 Å². The number of ether oxygens (including phenoxy) is 5. The van der Waals surface area contributed by atoms with Crippen LogP contribution in [0.1, 0.15) is 22.6 Å². The molecule has 1 amide bonds. The van der Waals surface area contributed by atoms with Crippen molar-refractivity contribution in [1.29, 1.82) is 0 Å². The van der Waals surface area contributed by atoms with Gasteiger partial charge >= 0.3 is 18.0 Å². The molecule has 40 heavy (non-hydrogen) atoms. The molecule has 1 aliphatic carbocycles. The lowest BCUT2D eigenvalue weighted by Crippen LogP contribution is -2.39. The van der Waals surface area contributed by atoms with Crippen molar-refractivity contribution in [3.05, 3.63) is 88.4 Å². The van der Waals surface area contributed by atoms with Crippen molar-refractivity contribution in [1.82, 2.24) is 5.32 Å². The largest absolute Gasteiger partial charge is 0.480 e. The van der Waals surface area contributed by atoms with Crippen molar-refractivity contribution in [3.8, 4) is 16.9 Å². The van der Waals surface area contributed by atoms with Crippen LogP contribution in [0.5, 0.6) is 5.75 Å². The van der Waals surface area contributed by atoms with E-state index >= 15 is 0 Å². The number of methoxy groups -OCH3 is 2. The van der Waals surface area contributed by atoms with Gasteiger partial charge in [-0.1, -0.05) is 60.1 Å². The average molecular weight is 570 g/mol. The second kappa shape index (κ2) is 12.8. The second-order valence-electron chi connectivity index (χ2n) is 8.83. The van der Waals surface area contributed by atoms with E-state index in [1.807, 2.05) is 48.5 Å². The Kier molecular flexibility index (Phi) is 9.26. The van der Waals surface area contributed by atoms with Gasteiger partial charge in [0.2, 0.25) is 5.79 Å². The molecule has 0 bridgehead atoms. The molecule has 3 aromatic rings. The van der Waals surface area contributed by atoms with Gasteiger partial charge in [-0.05, 0) is 40.5 Å². The first-order valence-corrected chi connectivity index (χ1v) is 12.6. The fourth-order valence-electron chi connectivity index (χ4n) is 4.53. The Morgan fingerprint density at radius 3 is 2.12 bits per heavy atom. The smallest absolute Gasteiger partial charge is 0.407 e. The third-order valence-electron chi connectivity index (χ3n) is 6.53. The molecular weight excluding hydrogens is 542 g/mol. The van der Waals surface area contributed by atoms with Crippen LogP contribution in [0.15, 0.2) is 66.7 Å². The summed E-state index contributed by atoms with van der Waals surface area (Å²) in [6, 6.07) is 20.4. The van der Waals surface area contributed by atoms with E-state index in [-0.39, 0.29) is 29.9 Å². The molecule has 10 nitrogen and oxygen atoms in total. The molecular formula is C29H28ClNO9. The highest BCUT2D eigenvalue weighted by Crippen LogP contribution is 2.44. The highest BCUT2D eigenvalue weighted by atomic mass is 35.5. The molecule has 0 radical (unpaired) electrons. The number of carbonyl (C=O) groups is 3. The van der Waals surface area contributed by atoms with Crippen LogP contribution in [-0.2, 0) is 34.3 Å². The van der Waals surface area contributed by atoms with E-state index in [2.05, 4.69) is 5.32 Å². The molecule has 0 saturated carbocycles. The summed E-state index contributed by atoms with van der Waals surface area (Å²) in [5.74, 6) is -3.38. The van der Waals surface area contributed by atoms with Gasteiger partial charge < -0.3 is 34.1 Å². The molecule has 11 heteroatoms. The van der Waals surface area contributed by atoms with E-state index in [0.29, 0.717) is 5.56 Å². The van der Waals surface area contributed by atoms with Crippen LogP contribution in [-0.4, -0.2) is 63.7 Å². The number of amides is 1. The second-order valence-corrected chi connectivity index (χ2v) is 9.24. The fraction of sp³-hybridized carbons (Fsp3) is 0.276. The van der Waals surface area contributed by atoms with Crippen LogP contribution in [0, 0.1) is 0 Å². The average Bonchev–Trinajstić information content (AvgIpc) is 3.28. The topological polar surface area (TPSA) is 130 Å². The number of benzene rings is 3. The number of hydrogen-bond donors (Lipinski definition) is 2. The van der Waals surface area contributed by atoms with Crippen molar-refractivity contribution in [3.63, 3.8) is 0 Å². The number of nitrogens with one attached hydrogen (secondary N) is 1. The number of hydrogen-bond acceptors (Lipinski definition) is 8. The molecule has 0 atom stereocenters. The van der Waals surface area contributed by atoms with E-state index in [9.17, 15) is 14.4 Å². The fourth-order valence-corrected chi connectivity index (χ4v) is 4.77. The van der Waals surface area contributed by atoms with Gasteiger partial charge in [-0.25, -0.2) is 9.59 Å². The third-order valence-corrected chi connectivity index (χ3v) is 6.82. The summed E-state index contributed by atoms with van der Waals surface area (Å²) in [6.45, 7) is -1.26. The molecule has 210 valence electrons. The number of alkyl carbamates (subject to hydrolysis) is 1. The number of rotatable bonds is 12. The zero-order valence-corrected chi connectivity index (χ0v) is 22.6. The summed E-state index contributed by atoms with van der Waals surface area (Å²) in [4.78, 5) is 35.5. The van der Waals surface area contributed by atoms with Crippen molar-refractivity contribution >= 4 is 29.6 Å².